The fourth-order valence-electron chi connectivity index (χ4n) is 3.28. The molecule has 0 aromatic heterocycles. The van der Waals surface area contributed by atoms with E-state index in [0.717, 1.165) is 37.7 Å². The van der Waals surface area contributed by atoms with Crippen LogP contribution in [-0.2, 0) is 0 Å². The summed E-state index contributed by atoms with van der Waals surface area (Å²) in [5, 5.41) is 0. The van der Waals surface area contributed by atoms with Crippen LogP contribution >= 0.6 is 0 Å². The van der Waals surface area contributed by atoms with Crippen LogP contribution in [0.5, 0.6) is 0 Å². The first-order chi connectivity index (χ1) is 11.5. The number of carbonyl (C=O) groups excluding carboxylic acids is 1. The van der Waals surface area contributed by atoms with Gasteiger partial charge in [0.1, 0.15) is 0 Å². The molecule has 1 saturated heterocycles. The van der Waals surface area contributed by atoms with Crippen molar-refractivity contribution in [1.82, 2.24) is 4.90 Å². The van der Waals surface area contributed by atoms with E-state index in [-0.39, 0.29) is 5.78 Å². The maximum atomic E-state index is 11.4. The summed E-state index contributed by atoms with van der Waals surface area (Å²) in [4.78, 5) is 16.4. The molecule has 24 heavy (non-hydrogen) atoms. The van der Waals surface area contributed by atoms with E-state index in [9.17, 15) is 4.79 Å². The number of rotatable bonds is 7. The van der Waals surface area contributed by atoms with E-state index in [1.165, 1.54) is 30.6 Å². The van der Waals surface area contributed by atoms with Crippen molar-refractivity contribution < 1.29 is 4.79 Å². The Morgan fingerprint density at radius 1 is 1.08 bits per heavy atom. The monoisotopic (exact) mass is 328 g/mol. The van der Waals surface area contributed by atoms with Crippen molar-refractivity contribution in [3.63, 3.8) is 0 Å². The molecule has 1 aliphatic heterocycles. The van der Waals surface area contributed by atoms with Crippen LogP contribution in [0.2, 0.25) is 0 Å². The first-order valence-corrected chi connectivity index (χ1v) is 9.17. The van der Waals surface area contributed by atoms with Crippen molar-refractivity contribution in [1.29, 1.82) is 0 Å². The maximum absolute atomic E-state index is 11.4. The van der Waals surface area contributed by atoms with Crippen LogP contribution in [0, 0.1) is 5.92 Å². The minimum Gasteiger partial charge on any atom is -0.369 e. The quantitative estimate of drug-likeness (QED) is 0.548. The molecule has 2 rings (SSSR count). The second kappa shape index (κ2) is 9.03. The Bertz CT molecular complexity index is 550. The van der Waals surface area contributed by atoms with Gasteiger partial charge in [-0.05, 0) is 63.8 Å². The van der Waals surface area contributed by atoms with Gasteiger partial charge in [0.2, 0.25) is 0 Å². The van der Waals surface area contributed by atoms with Crippen molar-refractivity contribution in [3.05, 3.63) is 41.5 Å². The molecule has 0 aliphatic carbocycles. The van der Waals surface area contributed by atoms with Gasteiger partial charge >= 0.3 is 0 Å². The van der Waals surface area contributed by atoms with Crippen molar-refractivity contribution in [2.24, 2.45) is 5.92 Å². The summed E-state index contributed by atoms with van der Waals surface area (Å²) in [5.41, 5.74) is 3.45. The molecule has 0 saturated carbocycles. The molecule has 0 radical (unpaired) electrons. The Morgan fingerprint density at radius 3 is 2.25 bits per heavy atom. The average molecular weight is 329 g/mol. The third kappa shape index (κ3) is 5.79. The second-order valence-electron chi connectivity index (χ2n) is 7.35. The van der Waals surface area contributed by atoms with Gasteiger partial charge in [0, 0.05) is 44.0 Å². The lowest BCUT2D eigenvalue weighted by molar-refractivity contribution is 0.101. The van der Waals surface area contributed by atoms with Crippen molar-refractivity contribution in [2.45, 2.75) is 40.5 Å². The van der Waals surface area contributed by atoms with Gasteiger partial charge in [0.15, 0.2) is 5.78 Å². The highest BCUT2D eigenvalue weighted by Crippen LogP contribution is 2.19. The Morgan fingerprint density at radius 2 is 1.71 bits per heavy atom. The van der Waals surface area contributed by atoms with Gasteiger partial charge in [-0.15, -0.1) is 0 Å². The smallest absolute Gasteiger partial charge is 0.159 e. The average Bonchev–Trinajstić information content (AvgIpc) is 2.55. The molecule has 1 atom stereocenters. The van der Waals surface area contributed by atoms with E-state index >= 15 is 0 Å². The van der Waals surface area contributed by atoms with E-state index in [0.29, 0.717) is 0 Å². The number of allylic oxidation sites excluding steroid dienone is 2. The van der Waals surface area contributed by atoms with E-state index in [1.807, 2.05) is 12.1 Å². The molecule has 0 bridgehead atoms. The maximum Gasteiger partial charge on any atom is 0.159 e. The van der Waals surface area contributed by atoms with Crippen LogP contribution < -0.4 is 4.90 Å². The molecule has 132 valence electrons. The van der Waals surface area contributed by atoms with Crippen LogP contribution in [0.25, 0.3) is 0 Å². The van der Waals surface area contributed by atoms with Crippen molar-refractivity contribution in [3.8, 4) is 0 Å². The third-order valence-corrected chi connectivity index (χ3v) is 4.79. The van der Waals surface area contributed by atoms with Crippen LogP contribution in [0.4, 0.5) is 5.69 Å². The standard InChI is InChI=1S/C21H32N2O/c1-17(2)6-5-7-18(3)16-22-12-14-23(15-13-22)21-10-8-20(9-11-21)19(4)24/h6,8-11,18H,5,7,12-16H2,1-4H3. The predicted molar refractivity (Wildman–Crippen MR) is 103 cm³/mol. The molecule has 0 N–H and O–H groups in total. The lowest BCUT2D eigenvalue weighted by Crippen LogP contribution is -2.47. The minimum absolute atomic E-state index is 0.133. The highest BCUT2D eigenvalue weighted by molar-refractivity contribution is 5.94. The van der Waals surface area contributed by atoms with Crippen molar-refractivity contribution in [2.75, 3.05) is 37.6 Å². The minimum atomic E-state index is 0.133. The summed E-state index contributed by atoms with van der Waals surface area (Å²) in [7, 11) is 0. The van der Waals surface area contributed by atoms with E-state index in [4.69, 9.17) is 0 Å². The first-order valence-electron chi connectivity index (χ1n) is 9.17. The highest BCUT2D eigenvalue weighted by atomic mass is 16.1. The number of hydrogen-bond donors (Lipinski definition) is 0. The first kappa shape index (κ1) is 18.7. The summed E-state index contributed by atoms with van der Waals surface area (Å²) in [5.74, 6) is 0.885. The van der Waals surface area contributed by atoms with E-state index in [1.54, 1.807) is 6.92 Å². The molecule has 1 fully saturated rings. The molecule has 1 aliphatic rings. The molecule has 3 heteroatoms. The normalized spacial score (nSPS) is 16.8. The number of benzene rings is 1. The molecule has 0 amide bonds. The summed E-state index contributed by atoms with van der Waals surface area (Å²) >= 11 is 0. The zero-order valence-corrected chi connectivity index (χ0v) is 15.7. The molecule has 0 spiro atoms. The van der Waals surface area contributed by atoms with E-state index < -0.39 is 0 Å². The Hall–Kier alpha value is -1.61. The predicted octanol–water partition coefficient (Wildman–Crippen LogP) is 4.39. The molecule has 3 nitrogen and oxygen atoms in total. The number of anilines is 1. The number of ketones is 1. The van der Waals surface area contributed by atoms with Gasteiger partial charge in [-0.1, -0.05) is 18.6 Å². The number of piperazine rings is 1. The fourth-order valence-corrected chi connectivity index (χ4v) is 3.28. The van der Waals surface area contributed by atoms with Crippen LogP contribution in [0.3, 0.4) is 0 Å². The van der Waals surface area contributed by atoms with Gasteiger partial charge in [0.25, 0.3) is 0 Å². The zero-order valence-electron chi connectivity index (χ0n) is 15.7. The number of Topliss-reactive ketones (excluding diaryl/α,β-unsaturated/α-hetero) is 1. The molecule has 1 aromatic rings. The number of nitrogens with zero attached hydrogens (tertiary/aromatic N) is 2. The molecule has 1 heterocycles. The highest BCUT2D eigenvalue weighted by Gasteiger charge is 2.18. The molecule has 1 aromatic carbocycles. The molecule has 1 unspecified atom stereocenters. The number of carbonyl (C=O) groups is 1. The fraction of sp³-hybridized carbons (Fsp3) is 0.571. The summed E-state index contributed by atoms with van der Waals surface area (Å²) in [6.45, 7) is 13.9. The van der Waals surface area contributed by atoms with Gasteiger partial charge in [-0.2, -0.15) is 0 Å². The lowest BCUT2D eigenvalue weighted by Gasteiger charge is -2.37. The Balaban J connectivity index is 1.76. The Kier molecular flexibility index (Phi) is 7.04. The third-order valence-electron chi connectivity index (χ3n) is 4.79. The second-order valence-corrected chi connectivity index (χ2v) is 7.35. The summed E-state index contributed by atoms with van der Waals surface area (Å²) in [6.07, 6.45) is 4.82. The SMILES string of the molecule is CC(=O)c1ccc(N2CCN(CC(C)CCC=C(C)C)CC2)cc1. The van der Waals surface area contributed by atoms with Gasteiger partial charge < -0.3 is 4.90 Å². The topological polar surface area (TPSA) is 23.6 Å². The summed E-state index contributed by atoms with van der Waals surface area (Å²) in [6, 6.07) is 8.04. The molecular weight excluding hydrogens is 296 g/mol. The van der Waals surface area contributed by atoms with Gasteiger partial charge in [-0.25, -0.2) is 0 Å². The lowest BCUT2D eigenvalue weighted by atomic mass is 10.0. The van der Waals surface area contributed by atoms with Gasteiger partial charge in [-0.3, -0.25) is 9.69 Å². The zero-order chi connectivity index (χ0) is 17.5. The van der Waals surface area contributed by atoms with Gasteiger partial charge in [0.05, 0.1) is 0 Å². The number of hydrogen-bond acceptors (Lipinski definition) is 3. The molecular formula is C21H32N2O. The Labute approximate surface area is 147 Å². The van der Waals surface area contributed by atoms with Crippen LogP contribution in [0.1, 0.15) is 50.9 Å². The summed E-state index contributed by atoms with van der Waals surface area (Å²) < 4.78 is 0. The van der Waals surface area contributed by atoms with Crippen LogP contribution in [0.15, 0.2) is 35.9 Å². The largest absolute Gasteiger partial charge is 0.369 e. The van der Waals surface area contributed by atoms with Crippen molar-refractivity contribution >= 4 is 11.5 Å². The van der Waals surface area contributed by atoms with E-state index in [2.05, 4.69) is 48.8 Å². The van der Waals surface area contributed by atoms with Crippen LogP contribution in [-0.4, -0.2) is 43.4 Å².